The Morgan fingerprint density at radius 1 is 1.20 bits per heavy atom. The number of carbonyl (C=O) groups is 2. The zero-order valence-corrected chi connectivity index (χ0v) is 16.3. The Balaban J connectivity index is 2.25. The number of rotatable bonds is 5. The van der Waals surface area contributed by atoms with Crippen molar-refractivity contribution < 1.29 is 14.3 Å². The largest absolute Gasteiger partial charge is 0.349 e. The maximum Gasteiger partial charge on any atom is 0.258 e. The SMILES string of the molecule is CC(C)[C@@H](C)NC(=O)c1cccc(C2OC(C)(C)N(C(C)C)C2=O)c1. The summed E-state index contributed by atoms with van der Waals surface area (Å²) in [5.41, 5.74) is 0.591. The van der Waals surface area contributed by atoms with Crippen LogP contribution in [0.2, 0.25) is 0 Å². The number of hydrogen-bond donors (Lipinski definition) is 1. The molecule has 25 heavy (non-hydrogen) atoms. The number of amides is 2. The van der Waals surface area contributed by atoms with Crippen molar-refractivity contribution in [3.05, 3.63) is 35.4 Å². The van der Waals surface area contributed by atoms with E-state index in [0.29, 0.717) is 17.0 Å². The van der Waals surface area contributed by atoms with Crippen molar-refractivity contribution in [2.24, 2.45) is 5.92 Å². The van der Waals surface area contributed by atoms with Crippen LogP contribution in [-0.4, -0.2) is 34.5 Å². The maximum atomic E-state index is 12.8. The van der Waals surface area contributed by atoms with Crippen molar-refractivity contribution in [1.82, 2.24) is 10.2 Å². The van der Waals surface area contributed by atoms with E-state index in [-0.39, 0.29) is 23.9 Å². The lowest BCUT2D eigenvalue weighted by Crippen LogP contribution is -2.46. The molecule has 1 fully saturated rings. The van der Waals surface area contributed by atoms with Gasteiger partial charge in [-0.1, -0.05) is 26.0 Å². The zero-order chi connectivity index (χ0) is 18.9. The molecular weight excluding hydrogens is 316 g/mol. The summed E-state index contributed by atoms with van der Waals surface area (Å²) in [5.74, 6) is 0.161. The van der Waals surface area contributed by atoms with Gasteiger partial charge in [0.2, 0.25) is 0 Å². The third kappa shape index (κ3) is 4.03. The van der Waals surface area contributed by atoms with E-state index in [1.807, 2.05) is 40.7 Å². The van der Waals surface area contributed by atoms with E-state index in [2.05, 4.69) is 19.2 Å². The Morgan fingerprint density at radius 2 is 1.84 bits per heavy atom. The molecule has 0 spiro atoms. The fourth-order valence-electron chi connectivity index (χ4n) is 3.17. The van der Waals surface area contributed by atoms with Crippen molar-refractivity contribution in [3.8, 4) is 0 Å². The van der Waals surface area contributed by atoms with Crippen LogP contribution in [0.5, 0.6) is 0 Å². The Kier molecular flexibility index (Phi) is 5.57. The molecule has 0 saturated carbocycles. The van der Waals surface area contributed by atoms with Crippen LogP contribution in [-0.2, 0) is 9.53 Å². The van der Waals surface area contributed by atoms with Crippen LogP contribution in [0.4, 0.5) is 0 Å². The summed E-state index contributed by atoms with van der Waals surface area (Å²) >= 11 is 0. The highest BCUT2D eigenvalue weighted by molar-refractivity contribution is 5.95. The first kappa shape index (κ1) is 19.4. The smallest absolute Gasteiger partial charge is 0.258 e. The number of hydrogen-bond acceptors (Lipinski definition) is 3. The number of carbonyl (C=O) groups excluding carboxylic acids is 2. The third-order valence-electron chi connectivity index (χ3n) is 4.77. The van der Waals surface area contributed by atoms with E-state index in [1.165, 1.54) is 0 Å². The molecule has 1 saturated heterocycles. The van der Waals surface area contributed by atoms with Crippen LogP contribution in [0.3, 0.4) is 0 Å². The number of nitrogens with one attached hydrogen (secondary N) is 1. The van der Waals surface area contributed by atoms with Gasteiger partial charge in [0.25, 0.3) is 11.8 Å². The van der Waals surface area contributed by atoms with Gasteiger partial charge < -0.3 is 15.0 Å². The van der Waals surface area contributed by atoms with E-state index in [0.717, 1.165) is 0 Å². The lowest BCUT2D eigenvalue weighted by molar-refractivity contribution is -0.134. The molecule has 1 aromatic rings. The van der Waals surface area contributed by atoms with E-state index in [1.54, 1.807) is 23.1 Å². The monoisotopic (exact) mass is 346 g/mol. The minimum Gasteiger partial charge on any atom is -0.349 e. The Labute approximate surface area is 150 Å². The minimum absolute atomic E-state index is 0.0471. The first-order valence-corrected chi connectivity index (χ1v) is 8.96. The lowest BCUT2D eigenvalue weighted by Gasteiger charge is -2.32. The Bertz CT molecular complexity index is 652. The van der Waals surface area contributed by atoms with E-state index < -0.39 is 11.8 Å². The highest BCUT2D eigenvalue weighted by Gasteiger charge is 2.47. The summed E-state index contributed by atoms with van der Waals surface area (Å²) in [6.07, 6.45) is -0.673. The summed E-state index contributed by atoms with van der Waals surface area (Å²) in [5, 5.41) is 2.99. The predicted molar refractivity (Wildman–Crippen MR) is 98.1 cm³/mol. The Hall–Kier alpha value is -1.88. The molecule has 2 atom stereocenters. The van der Waals surface area contributed by atoms with Gasteiger partial charge in [0, 0.05) is 17.6 Å². The first-order chi connectivity index (χ1) is 11.5. The van der Waals surface area contributed by atoms with Gasteiger partial charge in [0.1, 0.15) is 5.72 Å². The van der Waals surface area contributed by atoms with E-state index in [9.17, 15) is 9.59 Å². The van der Waals surface area contributed by atoms with Gasteiger partial charge in [-0.3, -0.25) is 9.59 Å². The summed E-state index contributed by atoms with van der Waals surface area (Å²) in [6, 6.07) is 7.28. The van der Waals surface area contributed by atoms with Gasteiger partial charge >= 0.3 is 0 Å². The van der Waals surface area contributed by atoms with Gasteiger partial charge in [0.15, 0.2) is 6.10 Å². The predicted octanol–water partition coefficient (Wildman–Crippen LogP) is 3.51. The van der Waals surface area contributed by atoms with Gasteiger partial charge in [-0.05, 0) is 58.2 Å². The maximum absolute atomic E-state index is 12.8. The standard InChI is InChI=1S/C20H30N2O3/c1-12(2)14(5)21-18(23)16-10-8-9-15(11-16)17-19(24)22(13(3)4)20(6,7)25-17/h8-14,17H,1-7H3,(H,21,23)/t14-,17?/m1/s1. The molecular formula is C20H30N2O3. The van der Waals surface area contributed by atoms with Crippen LogP contribution in [0.1, 0.15) is 70.5 Å². The molecule has 5 heteroatoms. The molecule has 0 radical (unpaired) electrons. The van der Waals surface area contributed by atoms with Crippen LogP contribution in [0.25, 0.3) is 0 Å². The average molecular weight is 346 g/mol. The van der Waals surface area contributed by atoms with E-state index >= 15 is 0 Å². The molecule has 2 rings (SSSR count). The molecule has 138 valence electrons. The van der Waals surface area contributed by atoms with Crippen molar-refractivity contribution >= 4 is 11.8 Å². The number of benzene rings is 1. The normalized spacial score (nSPS) is 21.1. The third-order valence-corrected chi connectivity index (χ3v) is 4.77. The van der Waals surface area contributed by atoms with Crippen LogP contribution in [0, 0.1) is 5.92 Å². The second-order valence-corrected chi connectivity index (χ2v) is 7.88. The summed E-state index contributed by atoms with van der Waals surface area (Å²) in [7, 11) is 0. The molecule has 1 N–H and O–H groups in total. The molecule has 0 aromatic heterocycles. The van der Waals surface area contributed by atoms with Crippen molar-refractivity contribution in [3.63, 3.8) is 0 Å². The van der Waals surface area contributed by atoms with Crippen LogP contribution in [0.15, 0.2) is 24.3 Å². The molecule has 0 bridgehead atoms. The molecule has 2 amide bonds. The van der Waals surface area contributed by atoms with Crippen molar-refractivity contribution in [2.75, 3.05) is 0 Å². The second-order valence-electron chi connectivity index (χ2n) is 7.88. The van der Waals surface area contributed by atoms with Crippen molar-refractivity contribution in [1.29, 1.82) is 0 Å². The first-order valence-electron chi connectivity index (χ1n) is 8.96. The van der Waals surface area contributed by atoms with Gasteiger partial charge in [-0.25, -0.2) is 0 Å². The average Bonchev–Trinajstić information content (AvgIpc) is 2.76. The summed E-state index contributed by atoms with van der Waals surface area (Å²) in [6.45, 7) is 13.9. The van der Waals surface area contributed by atoms with Crippen LogP contribution < -0.4 is 5.32 Å². The fourth-order valence-corrected chi connectivity index (χ4v) is 3.17. The summed E-state index contributed by atoms with van der Waals surface area (Å²) in [4.78, 5) is 27.0. The van der Waals surface area contributed by atoms with Crippen LogP contribution >= 0.6 is 0 Å². The molecule has 5 nitrogen and oxygen atoms in total. The molecule has 1 heterocycles. The fraction of sp³-hybridized carbons (Fsp3) is 0.600. The van der Waals surface area contributed by atoms with E-state index in [4.69, 9.17) is 4.74 Å². The molecule has 1 unspecified atom stereocenters. The van der Waals surface area contributed by atoms with Gasteiger partial charge in [-0.2, -0.15) is 0 Å². The molecule has 1 aliphatic rings. The quantitative estimate of drug-likeness (QED) is 0.888. The highest BCUT2D eigenvalue weighted by atomic mass is 16.5. The molecule has 1 aromatic carbocycles. The van der Waals surface area contributed by atoms with Gasteiger partial charge in [-0.15, -0.1) is 0 Å². The number of nitrogens with zero attached hydrogens (tertiary/aromatic N) is 1. The lowest BCUT2D eigenvalue weighted by atomic mass is 10.0. The summed E-state index contributed by atoms with van der Waals surface area (Å²) < 4.78 is 6.02. The molecule has 1 aliphatic heterocycles. The van der Waals surface area contributed by atoms with Gasteiger partial charge in [0.05, 0.1) is 0 Å². The highest BCUT2D eigenvalue weighted by Crippen LogP contribution is 2.38. The van der Waals surface area contributed by atoms with Crippen molar-refractivity contribution in [2.45, 2.75) is 72.4 Å². The second kappa shape index (κ2) is 7.16. The minimum atomic E-state index is -0.673. The number of ether oxygens (including phenoxy) is 1. The molecule has 0 aliphatic carbocycles. The zero-order valence-electron chi connectivity index (χ0n) is 16.3. The Morgan fingerprint density at radius 3 is 2.36 bits per heavy atom. The topological polar surface area (TPSA) is 58.6 Å².